The number of methoxy groups -OCH3 is 1. The minimum atomic E-state index is -0.310. The number of carbonyl (C=O) groups is 1. The maximum Gasteiger partial charge on any atom is 0.250 e. The van der Waals surface area contributed by atoms with Gasteiger partial charge < -0.3 is 10.1 Å². The normalized spacial score (nSPS) is 11.9. The van der Waals surface area contributed by atoms with E-state index in [0.29, 0.717) is 11.7 Å². The molecule has 0 heterocycles. The van der Waals surface area contributed by atoms with Gasteiger partial charge in [0.15, 0.2) is 5.11 Å². The molecule has 0 bridgehead atoms. The van der Waals surface area contributed by atoms with Crippen LogP contribution < -0.4 is 15.4 Å². The van der Waals surface area contributed by atoms with Gasteiger partial charge >= 0.3 is 0 Å². The van der Waals surface area contributed by atoms with Crippen LogP contribution in [0, 0.1) is 0 Å². The van der Waals surface area contributed by atoms with E-state index in [2.05, 4.69) is 46.5 Å². The number of nitrogens with one attached hydrogen (secondary N) is 2. The summed E-state index contributed by atoms with van der Waals surface area (Å²) in [5, 5.41) is 6.06. The van der Waals surface area contributed by atoms with Crippen LogP contribution in [0.5, 0.6) is 5.75 Å². The number of benzene rings is 2. The molecule has 2 aromatic carbocycles. The topological polar surface area (TPSA) is 50.4 Å². The summed E-state index contributed by atoms with van der Waals surface area (Å²) in [4.78, 5) is 12.2. The smallest absolute Gasteiger partial charge is 0.250 e. The van der Waals surface area contributed by atoms with Crippen molar-refractivity contribution in [2.45, 2.75) is 26.2 Å². The highest BCUT2D eigenvalue weighted by molar-refractivity contribution is 9.10. The van der Waals surface area contributed by atoms with E-state index in [1.54, 1.807) is 13.2 Å². The predicted octanol–water partition coefficient (Wildman–Crippen LogP) is 5.50. The first-order valence-corrected chi connectivity index (χ1v) is 9.87. The third-order valence-electron chi connectivity index (χ3n) is 4.20. The molecule has 0 aliphatic heterocycles. The molecule has 2 N–H and O–H groups in total. The number of hydrogen-bond acceptors (Lipinski definition) is 3. The van der Waals surface area contributed by atoms with Crippen LogP contribution in [0.25, 0.3) is 6.08 Å². The lowest BCUT2D eigenvalue weighted by molar-refractivity contribution is -0.115. The zero-order chi connectivity index (χ0) is 19.8. The molecule has 0 aliphatic carbocycles. The van der Waals surface area contributed by atoms with Crippen molar-refractivity contribution < 1.29 is 9.53 Å². The number of para-hydroxylation sites is 1. The Morgan fingerprint density at radius 3 is 2.74 bits per heavy atom. The molecule has 2 rings (SSSR count). The van der Waals surface area contributed by atoms with Crippen molar-refractivity contribution in [1.29, 1.82) is 0 Å². The molecule has 0 unspecified atom stereocenters. The molecule has 1 atom stereocenters. The molecule has 142 valence electrons. The van der Waals surface area contributed by atoms with Crippen molar-refractivity contribution >= 4 is 50.9 Å². The van der Waals surface area contributed by atoms with Crippen LogP contribution in [0.4, 0.5) is 5.69 Å². The number of hydrogen-bond donors (Lipinski definition) is 2. The van der Waals surface area contributed by atoms with E-state index in [9.17, 15) is 4.79 Å². The van der Waals surface area contributed by atoms with Gasteiger partial charge in [0, 0.05) is 21.8 Å². The van der Waals surface area contributed by atoms with Crippen LogP contribution in [0.3, 0.4) is 0 Å². The number of anilines is 1. The summed E-state index contributed by atoms with van der Waals surface area (Å²) < 4.78 is 6.20. The maximum atomic E-state index is 12.2. The van der Waals surface area contributed by atoms with Crippen LogP contribution in [-0.2, 0) is 4.79 Å². The monoisotopic (exact) mass is 446 g/mol. The van der Waals surface area contributed by atoms with Crippen LogP contribution in [0.2, 0.25) is 0 Å². The molecule has 27 heavy (non-hydrogen) atoms. The minimum Gasteiger partial charge on any atom is -0.496 e. The van der Waals surface area contributed by atoms with Gasteiger partial charge in [-0.1, -0.05) is 48.0 Å². The fourth-order valence-electron chi connectivity index (χ4n) is 2.57. The lowest BCUT2D eigenvalue weighted by atomic mass is 9.97. The number of amides is 1. The second-order valence-electron chi connectivity index (χ2n) is 6.06. The van der Waals surface area contributed by atoms with E-state index in [0.717, 1.165) is 22.1 Å². The Hall–Kier alpha value is -2.18. The SMILES string of the molecule is CC[C@H](C)c1ccccc1NC(=S)NC(=O)/C=C\c1cc(Br)ccc1OC. The number of rotatable bonds is 6. The predicted molar refractivity (Wildman–Crippen MR) is 119 cm³/mol. The highest BCUT2D eigenvalue weighted by atomic mass is 79.9. The molecule has 0 aliphatic rings. The van der Waals surface area contributed by atoms with E-state index in [-0.39, 0.29) is 11.0 Å². The first-order valence-electron chi connectivity index (χ1n) is 8.67. The Bertz CT molecular complexity index is 852. The van der Waals surface area contributed by atoms with Gasteiger partial charge in [-0.25, -0.2) is 0 Å². The second-order valence-corrected chi connectivity index (χ2v) is 7.38. The van der Waals surface area contributed by atoms with E-state index in [1.807, 2.05) is 36.4 Å². The van der Waals surface area contributed by atoms with Crippen molar-refractivity contribution in [3.05, 3.63) is 64.1 Å². The quantitative estimate of drug-likeness (QED) is 0.454. The minimum absolute atomic E-state index is 0.265. The van der Waals surface area contributed by atoms with Crippen LogP contribution in [0.1, 0.15) is 37.3 Å². The van der Waals surface area contributed by atoms with Gasteiger partial charge in [-0.2, -0.15) is 0 Å². The molecule has 4 nitrogen and oxygen atoms in total. The zero-order valence-corrected chi connectivity index (χ0v) is 18.0. The molecule has 0 aromatic heterocycles. The largest absolute Gasteiger partial charge is 0.496 e. The second kappa shape index (κ2) is 10.2. The summed E-state index contributed by atoms with van der Waals surface area (Å²) >= 11 is 8.70. The van der Waals surface area contributed by atoms with Gasteiger partial charge in [-0.3, -0.25) is 10.1 Å². The zero-order valence-electron chi connectivity index (χ0n) is 15.6. The van der Waals surface area contributed by atoms with Crippen molar-refractivity contribution in [2.75, 3.05) is 12.4 Å². The van der Waals surface area contributed by atoms with E-state index in [1.165, 1.54) is 11.6 Å². The first-order chi connectivity index (χ1) is 12.9. The van der Waals surface area contributed by atoms with E-state index < -0.39 is 0 Å². The Morgan fingerprint density at radius 2 is 2.04 bits per heavy atom. The average Bonchev–Trinajstić information content (AvgIpc) is 2.66. The lowest BCUT2D eigenvalue weighted by Crippen LogP contribution is -2.33. The van der Waals surface area contributed by atoms with Gasteiger partial charge in [0.2, 0.25) is 5.91 Å². The van der Waals surface area contributed by atoms with Gasteiger partial charge in [-0.15, -0.1) is 0 Å². The number of ether oxygens (including phenoxy) is 1. The Kier molecular flexibility index (Phi) is 8.00. The maximum absolute atomic E-state index is 12.2. The molecule has 0 saturated heterocycles. The van der Waals surface area contributed by atoms with Crippen LogP contribution in [0.15, 0.2) is 53.0 Å². The average molecular weight is 447 g/mol. The molecule has 2 aromatic rings. The molecule has 0 saturated carbocycles. The van der Waals surface area contributed by atoms with Gasteiger partial charge in [-0.05, 0) is 60.5 Å². The van der Waals surface area contributed by atoms with Crippen LogP contribution >= 0.6 is 28.1 Å². The third-order valence-corrected chi connectivity index (χ3v) is 4.89. The van der Waals surface area contributed by atoms with Crippen molar-refractivity contribution in [3.63, 3.8) is 0 Å². The Morgan fingerprint density at radius 1 is 1.30 bits per heavy atom. The summed E-state index contributed by atoms with van der Waals surface area (Å²) in [7, 11) is 1.59. The highest BCUT2D eigenvalue weighted by Gasteiger charge is 2.10. The lowest BCUT2D eigenvalue weighted by Gasteiger charge is -2.16. The number of halogens is 1. The summed E-state index contributed by atoms with van der Waals surface area (Å²) in [5.74, 6) is 0.775. The molecule has 0 spiro atoms. The van der Waals surface area contributed by atoms with Crippen molar-refractivity contribution in [3.8, 4) is 5.75 Å². The Labute approximate surface area is 174 Å². The van der Waals surface area contributed by atoms with Crippen molar-refractivity contribution in [1.82, 2.24) is 5.32 Å². The summed E-state index contributed by atoms with van der Waals surface area (Å²) in [6.07, 6.45) is 4.14. The fourth-order valence-corrected chi connectivity index (χ4v) is 3.16. The number of thiocarbonyl (C=S) groups is 1. The highest BCUT2D eigenvalue weighted by Crippen LogP contribution is 2.26. The summed E-state index contributed by atoms with van der Waals surface area (Å²) in [6.45, 7) is 4.30. The van der Waals surface area contributed by atoms with Gasteiger partial charge in [0.1, 0.15) is 5.75 Å². The molecule has 6 heteroatoms. The molecule has 1 amide bonds. The summed E-state index contributed by atoms with van der Waals surface area (Å²) in [5.41, 5.74) is 2.88. The van der Waals surface area contributed by atoms with Crippen molar-refractivity contribution in [2.24, 2.45) is 0 Å². The van der Waals surface area contributed by atoms with Gasteiger partial charge in [0.25, 0.3) is 0 Å². The Balaban J connectivity index is 2.03. The van der Waals surface area contributed by atoms with Gasteiger partial charge in [0.05, 0.1) is 7.11 Å². The fraction of sp³-hybridized carbons (Fsp3) is 0.238. The third kappa shape index (κ3) is 6.19. The summed E-state index contributed by atoms with van der Waals surface area (Å²) in [6, 6.07) is 13.6. The van der Waals surface area contributed by atoms with E-state index in [4.69, 9.17) is 17.0 Å². The van der Waals surface area contributed by atoms with Crippen LogP contribution in [-0.4, -0.2) is 18.1 Å². The molecular formula is C21H23BrN2O2S. The number of carbonyl (C=O) groups excluding carboxylic acids is 1. The molecule has 0 fully saturated rings. The standard InChI is InChI=1S/C21H23BrN2O2S/c1-4-14(2)17-7-5-6-8-18(17)23-21(27)24-20(25)12-9-15-13-16(22)10-11-19(15)26-3/h5-14H,4H2,1-3H3,(H2,23,24,25,27)/b12-9-/t14-/m0/s1. The first kappa shape index (κ1) is 21.1. The van der Waals surface area contributed by atoms with E-state index >= 15 is 0 Å². The molecule has 0 radical (unpaired) electrons. The molecular weight excluding hydrogens is 424 g/mol.